The first-order valence-corrected chi connectivity index (χ1v) is 4.29. The number of carbonyl (C=O) groups excluding carboxylic acids is 2. The summed E-state index contributed by atoms with van der Waals surface area (Å²) < 4.78 is 61.2. The number of rotatable bonds is 1. The van der Waals surface area contributed by atoms with Crippen LogP contribution in [-0.2, 0) is 4.79 Å². The highest BCUT2D eigenvalue weighted by Gasteiger charge is 2.36. The molecule has 4 nitrogen and oxygen atoms in total. The zero-order chi connectivity index (χ0) is 15.3. The summed E-state index contributed by atoms with van der Waals surface area (Å²) in [5.74, 6) is -3.21. The summed E-state index contributed by atoms with van der Waals surface area (Å²) in [5.41, 5.74) is -0.706. The van der Waals surface area contributed by atoms with Crippen LogP contribution in [0.15, 0.2) is 18.2 Å². The maximum absolute atomic E-state index is 12.1. The Morgan fingerprint density at radius 1 is 1.35 bits per heavy atom. The van der Waals surface area contributed by atoms with Crippen LogP contribution < -0.4 is 9.64 Å². The van der Waals surface area contributed by atoms with Gasteiger partial charge in [0, 0.05) is 11.1 Å². The number of halogens is 3. The molecule has 1 amide bonds. The molecular weight excluding hydrogens is 239 g/mol. The second kappa shape index (κ2) is 3.47. The van der Waals surface area contributed by atoms with Crippen molar-refractivity contribution in [3.63, 3.8) is 0 Å². The summed E-state index contributed by atoms with van der Waals surface area (Å²) in [7, 11) is 0. The summed E-state index contributed by atoms with van der Waals surface area (Å²) >= 11 is 0. The number of Topliss-reactive ketones (excluding diaryl/α,β-unsaturated/α-hetero) is 1. The zero-order valence-corrected chi connectivity index (χ0v) is 8.04. The van der Waals surface area contributed by atoms with Crippen molar-refractivity contribution in [1.29, 1.82) is 0 Å². The molecule has 0 N–H and O–H groups in total. The van der Waals surface area contributed by atoms with Crippen molar-refractivity contribution in [1.82, 2.24) is 0 Å². The first kappa shape index (κ1) is 8.10. The summed E-state index contributed by atoms with van der Waals surface area (Å²) in [6, 6.07) is 2.44. The Hall–Kier alpha value is -2.05. The lowest BCUT2D eigenvalue weighted by molar-refractivity contribution is -0.274. The number of hydrogen-bond donors (Lipinski definition) is 0. The van der Waals surface area contributed by atoms with E-state index >= 15 is 0 Å². The average Bonchev–Trinajstić information content (AvgIpc) is 2.49. The molecule has 1 heterocycles. The summed E-state index contributed by atoms with van der Waals surface area (Å²) in [6.45, 7) is -2.90. The number of fused-ring (bicyclic) bond motifs is 1. The third kappa shape index (κ3) is 1.95. The van der Waals surface area contributed by atoms with E-state index in [2.05, 4.69) is 4.74 Å². The van der Waals surface area contributed by atoms with E-state index in [9.17, 15) is 22.8 Å². The van der Waals surface area contributed by atoms with Crippen molar-refractivity contribution in [3.05, 3.63) is 23.8 Å². The summed E-state index contributed by atoms with van der Waals surface area (Å²) in [4.78, 5) is 23.4. The smallest absolute Gasteiger partial charge is 0.406 e. The van der Waals surface area contributed by atoms with Gasteiger partial charge in [-0.15, -0.1) is 13.2 Å². The van der Waals surface area contributed by atoms with Crippen LogP contribution >= 0.6 is 0 Å². The van der Waals surface area contributed by atoms with Gasteiger partial charge in [-0.2, -0.15) is 0 Å². The predicted octanol–water partition coefficient (Wildman–Crippen LogP) is 1.74. The Labute approximate surface area is 97.8 Å². The molecule has 1 aromatic carbocycles. The van der Waals surface area contributed by atoms with Crippen LogP contribution in [0.1, 0.15) is 14.5 Å². The minimum Gasteiger partial charge on any atom is -0.406 e. The highest BCUT2D eigenvalue weighted by molar-refractivity contribution is 6.52. The van der Waals surface area contributed by atoms with Crippen molar-refractivity contribution in [3.8, 4) is 5.75 Å². The van der Waals surface area contributed by atoms with E-state index in [-0.39, 0.29) is 10.6 Å². The topological polar surface area (TPSA) is 46.6 Å². The van der Waals surface area contributed by atoms with Crippen LogP contribution in [-0.4, -0.2) is 25.0 Å². The van der Waals surface area contributed by atoms with Crippen LogP contribution in [0, 0.1) is 0 Å². The van der Waals surface area contributed by atoms with Crippen LogP contribution in [0.25, 0.3) is 0 Å². The number of hydrogen-bond acceptors (Lipinski definition) is 3. The molecule has 17 heavy (non-hydrogen) atoms. The van der Waals surface area contributed by atoms with E-state index in [1.54, 1.807) is 0 Å². The van der Waals surface area contributed by atoms with E-state index in [1.165, 1.54) is 0 Å². The maximum Gasteiger partial charge on any atom is 0.573 e. The molecule has 7 heteroatoms. The minimum absolute atomic E-state index is 0.266. The molecule has 1 aliphatic rings. The number of benzene rings is 1. The molecule has 90 valence electrons. The molecule has 0 saturated carbocycles. The minimum atomic E-state index is -4.95. The van der Waals surface area contributed by atoms with Gasteiger partial charge in [0.2, 0.25) is 0 Å². The lowest BCUT2D eigenvalue weighted by Crippen LogP contribution is -2.24. The first-order chi connectivity index (χ1) is 9.00. The highest BCUT2D eigenvalue weighted by atomic mass is 19.4. The Kier molecular flexibility index (Phi) is 1.66. The van der Waals surface area contributed by atoms with Crippen molar-refractivity contribution in [2.24, 2.45) is 0 Å². The third-order valence-corrected chi connectivity index (χ3v) is 2.08. The quantitative estimate of drug-likeness (QED) is 0.711. The zero-order valence-electron chi connectivity index (χ0n) is 11.0. The van der Waals surface area contributed by atoms with Crippen molar-refractivity contribution < 1.29 is 31.6 Å². The van der Waals surface area contributed by atoms with Gasteiger partial charge in [0.15, 0.2) is 0 Å². The van der Waals surface area contributed by atoms with Gasteiger partial charge in [0.05, 0.1) is 11.3 Å². The number of ketones is 1. The first-order valence-electron chi connectivity index (χ1n) is 5.79. The molecule has 0 bridgehead atoms. The van der Waals surface area contributed by atoms with Crippen molar-refractivity contribution in [2.75, 3.05) is 11.9 Å². The number of anilines is 1. The Balaban J connectivity index is 2.47. The Morgan fingerprint density at radius 2 is 2.06 bits per heavy atom. The normalized spacial score (nSPS) is 18.5. The van der Waals surface area contributed by atoms with Gasteiger partial charge in [-0.1, -0.05) is 0 Å². The molecule has 1 aliphatic heterocycles. The van der Waals surface area contributed by atoms with Gasteiger partial charge >= 0.3 is 6.36 Å². The average molecular weight is 248 g/mol. The van der Waals surface area contributed by atoms with Crippen molar-refractivity contribution in [2.45, 2.75) is 6.36 Å². The third-order valence-electron chi connectivity index (χ3n) is 2.08. The van der Waals surface area contributed by atoms with Crippen LogP contribution in [0.2, 0.25) is 0 Å². The fourth-order valence-electron chi connectivity index (χ4n) is 1.42. The van der Waals surface area contributed by atoms with Crippen LogP contribution in [0.3, 0.4) is 0 Å². The molecule has 2 rings (SSSR count). The fourth-order valence-corrected chi connectivity index (χ4v) is 1.42. The number of nitrogens with zero attached hydrogens (tertiary/aromatic N) is 1. The lowest BCUT2D eigenvalue weighted by atomic mass is 10.1. The second-order valence-electron chi connectivity index (χ2n) is 3.20. The van der Waals surface area contributed by atoms with E-state index in [0.29, 0.717) is 6.07 Å². The van der Waals surface area contributed by atoms with E-state index in [4.69, 9.17) is 4.11 Å². The molecule has 0 radical (unpaired) electrons. The molecule has 0 unspecified atom stereocenters. The van der Waals surface area contributed by atoms with Gasteiger partial charge in [-0.05, 0) is 18.2 Å². The van der Waals surface area contributed by atoms with Gasteiger partial charge in [0.25, 0.3) is 11.7 Å². The van der Waals surface area contributed by atoms with Crippen molar-refractivity contribution >= 4 is 17.4 Å². The number of amides is 1. The number of ether oxygens (including phenoxy) is 1. The Morgan fingerprint density at radius 3 is 2.65 bits per heavy atom. The second-order valence-corrected chi connectivity index (χ2v) is 3.20. The van der Waals surface area contributed by atoms with Gasteiger partial charge in [-0.25, -0.2) is 0 Å². The monoisotopic (exact) mass is 248 g/mol. The van der Waals surface area contributed by atoms with Gasteiger partial charge < -0.3 is 9.64 Å². The summed E-state index contributed by atoms with van der Waals surface area (Å²) in [6.07, 6.45) is -4.95. The standard InChI is InChI=1S/C10H6F3NO3/c1-14-7-3-2-5(17-10(11,12)13)4-6(7)8(15)9(14)16/h2-4H,1H3/i1D3. The number of carbonyl (C=O) groups is 2. The molecule has 0 spiro atoms. The van der Waals surface area contributed by atoms with Crippen LogP contribution in [0.5, 0.6) is 5.75 Å². The highest BCUT2D eigenvalue weighted by Crippen LogP contribution is 2.32. The lowest BCUT2D eigenvalue weighted by Gasteiger charge is -2.11. The Bertz CT molecular complexity index is 598. The van der Waals surface area contributed by atoms with E-state index in [0.717, 1.165) is 12.1 Å². The number of alkyl halides is 3. The van der Waals surface area contributed by atoms with Crippen LogP contribution in [0.4, 0.5) is 18.9 Å². The number of likely N-dealkylation sites (N-methyl/N-ethyl adjacent to an activating group) is 1. The van der Waals surface area contributed by atoms with Gasteiger partial charge in [-0.3, -0.25) is 9.59 Å². The SMILES string of the molecule is [2H]C([2H])([2H])N1C(=O)C(=O)c2cc(OC(F)(F)F)ccc21. The molecule has 0 aromatic heterocycles. The summed E-state index contributed by atoms with van der Waals surface area (Å²) in [5, 5.41) is 0. The predicted molar refractivity (Wildman–Crippen MR) is 50.9 cm³/mol. The largest absolute Gasteiger partial charge is 0.573 e. The molecule has 0 saturated heterocycles. The van der Waals surface area contributed by atoms with Gasteiger partial charge in [0.1, 0.15) is 5.75 Å². The molecule has 1 aromatic rings. The molecule has 0 atom stereocenters. The molecule has 0 fully saturated rings. The molecular formula is C10H6F3NO3. The maximum atomic E-state index is 12.1. The van der Waals surface area contributed by atoms with E-state index in [1.807, 2.05) is 0 Å². The van der Waals surface area contributed by atoms with E-state index < -0.39 is 36.3 Å². The molecule has 0 aliphatic carbocycles. The fraction of sp³-hybridized carbons (Fsp3) is 0.200.